The van der Waals surface area contributed by atoms with Crippen LogP contribution in [0.5, 0.6) is 0 Å². The van der Waals surface area contributed by atoms with Gasteiger partial charge in [0.1, 0.15) is 0 Å². The molecule has 1 aliphatic heterocycles. The molecule has 0 aromatic carbocycles. The highest BCUT2D eigenvalue weighted by molar-refractivity contribution is 4.83. The van der Waals surface area contributed by atoms with Crippen LogP contribution in [0.25, 0.3) is 0 Å². The smallest absolute Gasteiger partial charge is 0.0169 e. The minimum Gasteiger partial charge on any atom is -0.310 e. The maximum atomic E-state index is 3.81. The van der Waals surface area contributed by atoms with Gasteiger partial charge in [-0.05, 0) is 51.6 Å². The topological polar surface area (TPSA) is 15.3 Å². The lowest BCUT2D eigenvalue weighted by molar-refractivity contribution is 0.274. The van der Waals surface area contributed by atoms with Crippen molar-refractivity contribution in [3.8, 4) is 0 Å². The van der Waals surface area contributed by atoms with Crippen LogP contribution in [0.15, 0.2) is 0 Å². The molecule has 1 saturated carbocycles. The van der Waals surface area contributed by atoms with Crippen molar-refractivity contribution in [2.75, 3.05) is 19.6 Å². The third kappa shape index (κ3) is 3.18. The van der Waals surface area contributed by atoms with Gasteiger partial charge >= 0.3 is 0 Å². The van der Waals surface area contributed by atoms with Crippen molar-refractivity contribution in [2.24, 2.45) is 5.92 Å². The van der Waals surface area contributed by atoms with Crippen molar-refractivity contribution < 1.29 is 0 Å². The lowest BCUT2D eigenvalue weighted by Gasteiger charge is -2.26. The molecule has 88 valence electrons. The first kappa shape index (κ1) is 11.4. The van der Waals surface area contributed by atoms with Gasteiger partial charge in [-0.3, -0.25) is 0 Å². The molecule has 1 heterocycles. The van der Waals surface area contributed by atoms with Crippen molar-refractivity contribution in [1.82, 2.24) is 10.2 Å². The molecule has 3 unspecified atom stereocenters. The number of nitrogens with zero attached hydrogens (tertiary/aromatic N) is 1. The molecule has 0 aromatic heterocycles. The highest BCUT2D eigenvalue weighted by Gasteiger charge is 2.25. The summed E-state index contributed by atoms with van der Waals surface area (Å²) in [4.78, 5) is 2.61. The van der Waals surface area contributed by atoms with E-state index in [-0.39, 0.29) is 0 Å². The minimum atomic E-state index is 0.675. The zero-order chi connectivity index (χ0) is 10.7. The molecule has 1 N–H and O–H groups in total. The molecule has 0 bridgehead atoms. The first-order valence-corrected chi connectivity index (χ1v) is 6.74. The minimum absolute atomic E-state index is 0.675. The Hall–Kier alpha value is -0.0800. The Morgan fingerprint density at radius 3 is 2.53 bits per heavy atom. The molecule has 2 fully saturated rings. The molecule has 3 atom stereocenters. The molecule has 0 spiro atoms. The highest BCUT2D eigenvalue weighted by Crippen LogP contribution is 2.25. The molecule has 0 amide bonds. The summed E-state index contributed by atoms with van der Waals surface area (Å²) >= 11 is 0. The lowest BCUT2D eigenvalue weighted by Crippen LogP contribution is -2.44. The zero-order valence-corrected chi connectivity index (χ0v) is 10.3. The van der Waals surface area contributed by atoms with Crippen LogP contribution >= 0.6 is 0 Å². The Kier molecular flexibility index (Phi) is 4.04. The van der Waals surface area contributed by atoms with Crippen LogP contribution in [0.2, 0.25) is 0 Å². The first-order chi connectivity index (χ1) is 7.25. The molecule has 0 radical (unpaired) electrons. The number of hydrogen-bond donors (Lipinski definition) is 1. The zero-order valence-electron chi connectivity index (χ0n) is 10.3. The van der Waals surface area contributed by atoms with Gasteiger partial charge in [-0.25, -0.2) is 0 Å². The van der Waals surface area contributed by atoms with Gasteiger partial charge in [0.25, 0.3) is 0 Å². The third-order valence-electron chi connectivity index (χ3n) is 4.09. The van der Waals surface area contributed by atoms with E-state index in [9.17, 15) is 0 Å². The molecule has 2 aliphatic rings. The number of nitrogens with one attached hydrogen (secondary N) is 1. The normalized spacial score (nSPS) is 34.8. The predicted molar refractivity (Wildman–Crippen MR) is 65.1 cm³/mol. The third-order valence-corrected chi connectivity index (χ3v) is 4.09. The van der Waals surface area contributed by atoms with Gasteiger partial charge in [-0.1, -0.05) is 13.3 Å². The van der Waals surface area contributed by atoms with E-state index in [4.69, 9.17) is 0 Å². The van der Waals surface area contributed by atoms with Crippen molar-refractivity contribution in [3.63, 3.8) is 0 Å². The second-order valence-electron chi connectivity index (χ2n) is 5.59. The van der Waals surface area contributed by atoms with E-state index in [1.807, 2.05) is 0 Å². The summed E-state index contributed by atoms with van der Waals surface area (Å²) in [6.45, 7) is 8.65. The fraction of sp³-hybridized carbons (Fsp3) is 1.00. The van der Waals surface area contributed by atoms with Gasteiger partial charge in [0, 0.05) is 18.6 Å². The van der Waals surface area contributed by atoms with Gasteiger partial charge in [-0.2, -0.15) is 0 Å². The Balaban J connectivity index is 1.69. The van der Waals surface area contributed by atoms with Crippen LogP contribution in [-0.4, -0.2) is 36.6 Å². The molecular weight excluding hydrogens is 184 g/mol. The van der Waals surface area contributed by atoms with Crippen LogP contribution in [0.1, 0.15) is 46.0 Å². The van der Waals surface area contributed by atoms with E-state index in [0.29, 0.717) is 6.04 Å². The number of likely N-dealkylation sites (tertiary alicyclic amines) is 1. The summed E-state index contributed by atoms with van der Waals surface area (Å²) in [6, 6.07) is 1.47. The molecule has 15 heavy (non-hydrogen) atoms. The summed E-state index contributed by atoms with van der Waals surface area (Å²) in [5.74, 6) is 0.894. The van der Waals surface area contributed by atoms with Crippen LogP contribution in [0, 0.1) is 5.92 Å². The van der Waals surface area contributed by atoms with Crippen molar-refractivity contribution in [3.05, 3.63) is 0 Å². The molecule has 1 saturated heterocycles. The molecule has 0 aromatic rings. The lowest BCUT2D eigenvalue weighted by atomic mass is 10.1. The fourth-order valence-corrected chi connectivity index (χ4v) is 3.16. The fourth-order valence-electron chi connectivity index (χ4n) is 3.16. The molecule has 2 nitrogen and oxygen atoms in total. The summed E-state index contributed by atoms with van der Waals surface area (Å²) in [5, 5.41) is 3.81. The van der Waals surface area contributed by atoms with Crippen molar-refractivity contribution >= 4 is 0 Å². The van der Waals surface area contributed by atoms with Crippen LogP contribution in [0.3, 0.4) is 0 Å². The summed E-state index contributed by atoms with van der Waals surface area (Å²) in [6.07, 6.45) is 7.06. The standard InChI is InChI=1S/C13H26N2/c1-11-6-5-7-13(11)14-12(2)10-15-8-3-4-9-15/h11-14H,3-10H2,1-2H3. The van der Waals surface area contributed by atoms with E-state index in [2.05, 4.69) is 24.1 Å². The maximum absolute atomic E-state index is 3.81. The van der Waals surface area contributed by atoms with Gasteiger partial charge in [-0.15, -0.1) is 0 Å². The Labute approximate surface area is 94.4 Å². The monoisotopic (exact) mass is 210 g/mol. The predicted octanol–water partition coefficient (Wildman–Crippen LogP) is 2.25. The van der Waals surface area contributed by atoms with Gasteiger partial charge in [0.05, 0.1) is 0 Å². The van der Waals surface area contributed by atoms with Crippen LogP contribution < -0.4 is 5.32 Å². The maximum Gasteiger partial charge on any atom is 0.0169 e. The molecule has 2 rings (SSSR count). The van der Waals surface area contributed by atoms with Gasteiger partial charge in [0.15, 0.2) is 0 Å². The van der Waals surface area contributed by atoms with E-state index in [1.165, 1.54) is 51.7 Å². The largest absolute Gasteiger partial charge is 0.310 e. The number of rotatable bonds is 4. The van der Waals surface area contributed by atoms with Crippen molar-refractivity contribution in [1.29, 1.82) is 0 Å². The van der Waals surface area contributed by atoms with E-state index in [1.54, 1.807) is 0 Å². The number of hydrogen-bond acceptors (Lipinski definition) is 2. The quantitative estimate of drug-likeness (QED) is 0.765. The second kappa shape index (κ2) is 5.31. The molecular formula is C13H26N2. The van der Waals surface area contributed by atoms with Crippen LogP contribution in [0.4, 0.5) is 0 Å². The van der Waals surface area contributed by atoms with E-state index in [0.717, 1.165) is 12.0 Å². The summed E-state index contributed by atoms with van der Waals surface area (Å²) in [5.41, 5.74) is 0. The van der Waals surface area contributed by atoms with E-state index >= 15 is 0 Å². The van der Waals surface area contributed by atoms with Gasteiger partial charge in [0.2, 0.25) is 0 Å². The highest BCUT2D eigenvalue weighted by atomic mass is 15.2. The van der Waals surface area contributed by atoms with Crippen molar-refractivity contribution in [2.45, 2.75) is 58.0 Å². The average molecular weight is 210 g/mol. The second-order valence-corrected chi connectivity index (χ2v) is 5.59. The van der Waals surface area contributed by atoms with Crippen LogP contribution in [-0.2, 0) is 0 Å². The summed E-state index contributed by atoms with van der Waals surface area (Å²) < 4.78 is 0. The van der Waals surface area contributed by atoms with Gasteiger partial charge < -0.3 is 10.2 Å². The average Bonchev–Trinajstić information content (AvgIpc) is 2.79. The Morgan fingerprint density at radius 1 is 1.20 bits per heavy atom. The molecule has 1 aliphatic carbocycles. The Morgan fingerprint density at radius 2 is 1.93 bits per heavy atom. The SMILES string of the molecule is CC(CN1CCCC1)NC1CCCC1C. The Bertz CT molecular complexity index is 187. The van der Waals surface area contributed by atoms with E-state index < -0.39 is 0 Å². The first-order valence-electron chi connectivity index (χ1n) is 6.74. The molecule has 2 heteroatoms. The summed E-state index contributed by atoms with van der Waals surface area (Å²) in [7, 11) is 0.